The largest absolute Gasteiger partial charge is 0.479 e. The molecular weight excluding hydrogens is 322 g/mol. The minimum absolute atomic E-state index is 0.0626. The second-order valence-electron chi connectivity index (χ2n) is 5.79. The molecule has 0 spiro atoms. The molecule has 0 radical (unpaired) electrons. The predicted molar refractivity (Wildman–Crippen MR) is 92.1 cm³/mol. The third-order valence-electron chi connectivity index (χ3n) is 3.73. The van der Waals surface area contributed by atoms with Gasteiger partial charge in [-0.3, -0.25) is 0 Å². The monoisotopic (exact) mass is 343 g/mol. The van der Waals surface area contributed by atoms with E-state index in [0.717, 1.165) is 16.7 Å². The minimum atomic E-state index is -1.73. The number of benzene rings is 2. The molecule has 2 atom stereocenters. The van der Waals surface area contributed by atoms with Gasteiger partial charge in [-0.15, -0.1) is 0 Å². The van der Waals surface area contributed by atoms with E-state index < -0.39 is 24.2 Å². The third kappa shape index (κ3) is 5.93. The molecule has 6 heteroatoms. The van der Waals surface area contributed by atoms with E-state index in [2.05, 4.69) is 5.32 Å². The number of nitrogens with one attached hydrogen (secondary N) is 1. The van der Waals surface area contributed by atoms with E-state index in [0.29, 0.717) is 0 Å². The van der Waals surface area contributed by atoms with Crippen LogP contribution in [0.1, 0.15) is 16.7 Å². The second-order valence-corrected chi connectivity index (χ2v) is 5.79. The fraction of sp³-hybridized carbons (Fsp3) is 0.263. The molecule has 132 valence electrons. The molecule has 0 saturated heterocycles. The first-order valence-electron chi connectivity index (χ1n) is 7.89. The Labute approximate surface area is 146 Å². The lowest BCUT2D eigenvalue weighted by atomic mass is 10.0. The molecule has 6 nitrogen and oxygen atoms in total. The fourth-order valence-corrected chi connectivity index (χ4v) is 2.31. The van der Waals surface area contributed by atoms with Gasteiger partial charge in [0, 0.05) is 0 Å². The average molecular weight is 343 g/mol. The maximum absolute atomic E-state index is 12.0. The van der Waals surface area contributed by atoms with Gasteiger partial charge in [-0.1, -0.05) is 60.2 Å². The number of ether oxygens (including phenoxy) is 1. The Morgan fingerprint density at radius 3 is 2.28 bits per heavy atom. The Balaban J connectivity index is 1.98. The minimum Gasteiger partial charge on any atom is -0.479 e. The summed E-state index contributed by atoms with van der Waals surface area (Å²) in [4.78, 5) is 23.1. The number of rotatable bonds is 7. The summed E-state index contributed by atoms with van der Waals surface area (Å²) >= 11 is 0. The van der Waals surface area contributed by atoms with Crippen molar-refractivity contribution >= 4 is 12.1 Å². The number of carbonyl (C=O) groups is 2. The first-order chi connectivity index (χ1) is 12.0. The van der Waals surface area contributed by atoms with Crippen molar-refractivity contribution in [2.75, 3.05) is 0 Å². The number of carbonyl (C=O) groups excluding carboxylic acids is 1. The Kier molecular flexibility index (Phi) is 6.54. The molecule has 0 fully saturated rings. The van der Waals surface area contributed by atoms with Gasteiger partial charge in [0.15, 0.2) is 6.10 Å². The van der Waals surface area contributed by atoms with Crippen LogP contribution in [-0.4, -0.2) is 34.4 Å². The summed E-state index contributed by atoms with van der Waals surface area (Å²) in [6.45, 7) is 2.00. The summed E-state index contributed by atoms with van der Waals surface area (Å²) in [7, 11) is 0. The number of hydrogen-bond donors (Lipinski definition) is 3. The molecule has 2 aromatic rings. The lowest BCUT2D eigenvalue weighted by Crippen LogP contribution is -2.48. The van der Waals surface area contributed by atoms with Crippen molar-refractivity contribution in [2.45, 2.75) is 32.1 Å². The number of aliphatic carboxylic acids is 1. The SMILES string of the molecule is Cc1ccc(CC(NC(=O)OCc2ccccc2)C(O)C(=O)O)cc1. The highest BCUT2D eigenvalue weighted by Gasteiger charge is 2.28. The van der Waals surface area contributed by atoms with Crippen LogP contribution in [0, 0.1) is 6.92 Å². The Hall–Kier alpha value is -2.86. The number of aliphatic hydroxyl groups excluding tert-OH is 1. The smallest absolute Gasteiger partial charge is 0.407 e. The molecule has 2 rings (SSSR count). The topological polar surface area (TPSA) is 95.9 Å². The van der Waals surface area contributed by atoms with E-state index >= 15 is 0 Å². The van der Waals surface area contributed by atoms with Crippen molar-refractivity contribution in [3.05, 3.63) is 71.3 Å². The Morgan fingerprint density at radius 1 is 1.04 bits per heavy atom. The van der Waals surface area contributed by atoms with Crippen LogP contribution in [0.2, 0.25) is 0 Å². The van der Waals surface area contributed by atoms with Crippen LogP contribution in [-0.2, 0) is 22.6 Å². The van der Waals surface area contributed by atoms with Gasteiger partial charge in [0.2, 0.25) is 0 Å². The van der Waals surface area contributed by atoms with Gasteiger partial charge in [-0.2, -0.15) is 0 Å². The van der Waals surface area contributed by atoms with Crippen LogP contribution in [0.3, 0.4) is 0 Å². The van der Waals surface area contributed by atoms with Crippen molar-refractivity contribution in [1.82, 2.24) is 5.32 Å². The van der Waals surface area contributed by atoms with Gasteiger partial charge >= 0.3 is 12.1 Å². The fourth-order valence-electron chi connectivity index (χ4n) is 2.31. The summed E-state index contributed by atoms with van der Waals surface area (Å²) in [5.41, 5.74) is 2.68. The summed E-state index contributed by atoms with van der Waals surface area (Å²) in [5.74, 6) is -1.40. The molecule has 0 heterocycles. The van der Waals surface area contributed by atoms with Gasteiger partial charge < -0.3 is 20.3 Å². The molecule has 2 aromatic carbocycles. The van der Waals surface area contributed by atoms with E-state index in [1.54, 1.807) is 0 Å². The summed E-state index contributed by atoms with van der Waals surface area (Å²) < 4.78 is 5.09. The predicted octanol–water partition coefficient (Wildman–Crippen LogP) is 2.28. The standard InChI is InChI=1S/C19H21NO5/c1-13-7-9-14(10-8-13)11-16(17(21)18(22)23)20-19(24)25-12-15-5-3-2-4-6-15/h2-10,16-17,21H,11-12H2,1H3,(H,20,24)(H,22,23). The zero-order valence-electron chi connectivity index (χ0n) is 13.9. The van der Waals surface area contributed by atoms with Crippen LogP contribution < -0.4 is 5.32 Å². The molecule has 3 N–H and O–H groups in total. The van der Waals surface area contributed by atoms with E-state index in [9.17, 15) is 14.7 Å². The lowest BCUT2D eigenvalue weighted by Gasteiger charge is -2.21. The maximum Gasteiger partial charge on any atom is 0.407 e. The number of aryl methyl sites for hydroxylation is 1. The molecule has 25 heavy (non-hydrogen) atoms. The summed E-state index contributed by atoms with van der Waals surface area (Å²) in [5, 5.41) is 21.4. The van der Waals surface area contributed by atoms with Gasteiger partial charge in [0.05, 0.1) is 6.04 Å². The number of alkyl carbamates (subject to hydrolysis) is 1. The summed E-state index contributed by atoms with van der Waals surface area (Å²) in [6, 6.07) is 15.5. The highest BCUT2D eigenvalue weighted by Crippen LogP contribution is 2.10. The quantitative estimate of drug-likeness (QED) is 0.717. The number of carboxylic acids is 1. The zero-order chi connectivity index (χ0) is 18.2. The van der Waals surface area contributed by atoms with Gasteiger partial charge in [0.1, 0.15) is 6.61 Å². The third-order valence-corrected chi connectivity index (χ3v) is 3.73. The van der Waals surface area contributed by atoms with Crippen LogP contribution in [0.15, 0.2) is 54.6 Å². The van der Waals surface area contributed by atoms with Crippen molar-refractivity contribution in [3.8, 4) is 0 Å². The van der Waals surface area contributed by atoms with Crippen LogP contribution >= 0.6 is 0 Å². The van der Waals surface area contributed by atoms with Crippen molar-refractivity contribution in [3.63, 3.8) is 0 Å². The van der Waals surface area contributed by atoms with Gasteiger partial charge in [0.25, 0.3) is 0 Å². The highest BCUT2D eigenvalue weighted by molar-refractivity contribution is 5.75. The van der Waals surface area contributed by atoms with Crippen molar-refractivity contribution in [2.24, 2.45) is 0 Å². The molecule has 2 unspecified atom stereocenters. The lowest BCUT2D eigenvalue weighted by molar-refractivity contribution is -0.148. The van der Waals surface area contributed by atoms with Gasteiger partial charge in [-0.25, -0.2) is 9.59 Å². The molecule has 0 aliphatic carbocycles. The number of carboxylic acid groups (broad SMARTS) is 1. The number of aliphatic hydroxyl groups is 1. The normalized spacial score (nSPS) is 12.9. The van der Waals surface area contributed by atoms with Crippen LogP contribution in [0.5, 0.6) is 0 Å². The molecule has 0 saturated carbocycles. The van der Waals surface area contributed by atoms with Crippen molar-refractivity contribution in [1.29, 1.82) is 0 Å². The maximum atomic E-state index is 12.0. The summed E-state index contributed by atoms with van der Waals surface area (Å²) in [6.07, 6.45) is -2.33. The number of amides is 1. The average Bonchev–Trinajstić information content (AvgIpc) is 2.61. The Morgan fingerprint density at radius 2 is 1.68 bits per heavy atom. The molecule has 0 aliphatic rings. The Bertz CT molecular complexity index is 700. The zero-order valence-corrected chi connectivity index (χ0v) is 13.9. The van der Waals surface area contributed by atoms with Crippen molar-refractivity contribution < 1.29 is 24.5 Å². The molecule has 0 bridgehead atoms. The molecule has 1 amide bonds. The van der Waals surface area contributed by atoms with E-state index in [1.165, 1.54) is 0 Å². The first-order valence-corrected chi connectivity index (χ1v) is 7.89. The molecule has 0 aromatic heterocycles. The number of hydrogen-bond acceptors (Lipinski definition) is 4. The highest BCUT2D eigenvalue weighted by atomic mass is 16.5. The van der Waals surface area contributed by atoms with E-state index in [-0.39, 0.29) is 13.0 Å². The molecule has 0 aliphatic heterocycles. The van der Waals surface area contributed by atoms with Gasteiger partial charge in [-0.05, 0) is 24.5 Å². The molecular formula is C19H21NO5. The second kappa shape index (κ2) is 8.84. The first kappa shape index (κ1) is 18.5. The van der Waals surface area contributed by atoms with Crippen LogP contribution in [0.25, 0.3) is 0 Å². The van der Waals surface area contributed by atoms with Crippen LogP contribution in [0.4, 0.5) is 4.79 Å². The van der Waals surface area contributed by atoms with E-state index in [4.69, 9.17) is 9.84 Å². The van der Waals surface area contributed by atoms with E-state index in [1.807, 2.05) is 61.5 Å².